The Hall–Kier alpha value is -1.88. The molecule has 0 spiro atoms. The summed E-state index contributed by atoms with van der Waals surface area (Å²) in [7, 11) is 0. The van der Waals surface area contributed by atoms with E-state index in [1.54, 1.807) is 0 Å². The van der Waals surface area contributed by atoms with E-state index < -0.39 is 11.8 Å². The molecule has 1 fully saturated rings. The summed E-state index contributed by atoms with van der Waals surface area (Å²) in [5, 5.41) is 14.9. The summed E-state index contributed by atoms with van der Waals surface area (Å²) in [6, 6.07) is 5.74. The zero-order valence-electron chi connectivity index (χ0n) is 13.9. The molecule has 1 aromatic carbocycles. The lowest BCUT2D eigenvalue weighted by atomic mass is 9.93. The van der Waals surface area contributed by atoms with E-state index in [4.69, 9.17) is 0 Å². The maximum absolute atomic E-state index is 12.0. The lowest BCUT2D eigenvalue weighted by Gasteiger charge is -2.25. The van der Waals surface area contributed by atoms with Crippen LogP contribution in [0.25, 0.3) is 0 Å². The molecule has 126 valence electrons. The van der Waals surface area contributed by atoms with Crippen molar-refractivity contribution < 1.29 is 14.7 Å². The van der Waals surface area contributed by atoms with Crippen molar-refractivity contribution in [2.75, 3.05) is 5.32 Å². The highest BCUT2D eigenvalue weighted by Crippen LogP contribution is 2.19. The van der Waals surface area contributed by atoms with Gasteiger partial charge in [0.1, 0.15) is 0 Å². The fourth-order valence-electron chi connectivity index (χ4n) is 3.04. The highest BCUT2D eigenvalue weighted by molar-refractivity contribution is 6.39. The first-order valence-corrected chi connectivity index (χ1v) is 8.45. The second-order valence-electron chi connectivity index (χ2n) is 6.12. The Morgan fingerprint density at radius 2 is 1.70 bits per heavy atom. The first kappa shape index (κ1) is 17.5. The smallest absolute Gasteiger partial charge is 0.313 e. The second-order valence-corrected chi connectivity index (χ2v) is 6.12. The fraction of sp³-hybridized carbons (Fsp3) is 0.556. The minimum atomic E-state index is -0.637. The monoisotopic (exact) mass is 318 g/mol. The maximum Gasteiger partial charge on any atom is 0.313 e. The number of carbonyl (C=O) groups is 2. The van der Waals surface area contributed by atoms with Crippen molar-refractivity contribution in [3.05, 3.63) is 29.3 Å². The molecular weight excluding hydrogens is 292 g/mol. The number of nitrogens with one attached hydrogen (secondary N) is 2. The zero-order chi connectivity index (χ0) is 16.8. The molecule has 5 nitrogen and oxygen atoms in total. The SMILES string of the molecule is CCc1ccc(NC(=O)C(=O)NC2CCC(O)CC2)cc1CC. The largest absolute Gasteiger partial charge is 0.393 e. The Balaban J connectivity index is 1.92. The number of aryl methyl sites for hydroxylation is 2. The number of amides is 2. The van der Waals surface area contributed by atoms with Crippen LogP contribution in [0.2, 0.25) is 0 Å². The van der Waals surface area contributed by atoms with E-state index in [0.29, 0.717) is 31.4 Å². The minimum absolute atomic E-state index is 0.0229. The number of aliphatic hydroxyl groups excluding tert-OH is 1. The van der Waals surface area contributed by atoms with E-state index in [2.05, 4.69) is 24.5 Å². The van der Waals surface area contributed by atoms with Crippen LogP contribution in [0.15, 0.2) is 18.2 Å². The van der Waals surface area contributed by atoms with Gasteiger partial charge in [0.2, 0.25) is 0 Å². The molecule has 0 radical (unpaired) electrons. The Bertz CT molecular complexity index is 563. The lowest BCUT2D eigenvalue weighted by molar-refractivity contribution is -0.136. The molecule has 2 amide bonds. The van der Waals surface area contributed by atoms with Crippen molar-refractivity contribution >= 4 is 17.5 Å². The maximum atomic E-state index is 12.0. The van der Waals surface area contributed by atoms with Crippen LogP contribution >= 0.6 is 0 Å². The number of hydrogen-bond acceptors (Lipinski definition) is 3. The van der Waals surface area contributed by atoms with Gasteiger partial charge in [0, 0.05) is 11.7 Å². The molecule has 0 heterocycles. The third-order valence-electron chi connectivity index (χ3n) is 4.46. The van der Waals surface area contributed by atoms with Crippen LogP contribution in [0.3, 0.4) is 0 Å². The number of rotatable bonds is 4. The third-order valence-corrected chi connectivity index (χ3v) is 4.46. The Morgan fingerprint density at radius 1 is 1.04 bits per heavy atom. The van der Waals surface area contributed by atoms with Gasteiger partial charge in [-0.25, -0.2) is 0 Å². The summed E-state index contributed by atoms with van der Waals surface area (Å²) in [5.41, 5.74) is 3.10. The van der Waals surface area contributed by atoms with Gasteiger partial charge in [-0.3, -0.25) is 9.59 Å². The van der Waals surface area contributed by atoms with Crippen molar-refractivity contribution in [1.29, 1.82) is 0 Å². The zero-order valence-corrected chi connectivity index (χ0v) is 13.9. The van der Waals surface area contributed by atoms with Crippen molar-refractivity contribution in [3.8, 4) is 0 Å². The molecule has 1 saturated carbocycles. The average molecular weight is 318 g/mol. The Morgan fingerprint density at radius 3 is 2.30 bits per heavy atom. The topological polar surface area (TPSA) is 78.4 Å². The molecule has 0 saturated heterocycles. The molecule has 1 aromatic rings. The summed E-state index contributed by atoms with van der Waals surface area (Å²) in [5.74, 6) is -1.24. The molecule has 1 aliphatic carbocycles. The molecule has 1 aliphatic rings. The number of anilines is 1. The Labute approximate surface area is 137 Å². The summed E-state index contributed by atoms with van der Waals surface area (Å²) < 4.78 is 0. The van der Waals surface area contributed by atoms with Gasteiger partial charge in [0.25, 0.3) is 0 Å². The second kappa shape index (κ2) is 8.11. The fourth-order valence-corrected chi connectivity index (χ4v) is 3.04. The van der Waals surface area contributed by atoms with Gasteiger partial charge in [-0.05, 0) is 61.8 Å². The predicted molar refractivity (Wildman–Crippen MR) is 90.2 cm³/mol. The summed E-state index contributed by atoms with van der Waals surface area (Å²) in [6.07, 6.45) is 4.34. The summed E-state index contributed by atoms with van der Waals surface area (Å²) in [6.45, 7) is 4.17. The molecule has 0 aliphatic heterocycles. The van der Waals surface area contributed by atoms with Crippen LogP contribution in [-0.2, 0) is 22.4 Å². The third kappa shape index (κ3) is 4.79. The van der Waals surface area contributed by atoms with Gasteiger partial charge in [0.15, 0.2) is 0 Å². The van der Waals surface area contributed by atoms with Gasteiger partial charge in [-0.1, -0.05) is 19.9 Å². The lowest BCUT2D eigenvalue weighted by Crippen LogP contribution is -2.43. The van der Waals surface area contributed by atoms with Gasteiger partial charge in [-0.15, -0.1) is 0 Å². The summed E-state index contributed by atoms with van der Waals surface area (Å²) >= 11 is 0. The van der Waals surface area contributed by atoms with Crippen molar-refractivity contribution in [2.45, 2.75) is 64.5 Å². The average Bonchev–Trinajstić information content (AvgIpc) is 2.56. The van der Waals surface area contributed by atoms with E-state index in [1.807, 2.05) is 18.2 Å². The van der Waals surface area contributed by atoms with Crippen LogP contribution in [0.5, 0.6) is 0 Å². The first-order chi connectivity index (χ1) is 11.0. The molecule has 0 bridgehead atoms. The van der Waals surface area contributed by atoms with E-state index in [1.165, 1.54) is 11.1 Å². The van der Waals surface area contributed by atoms with Crippen LogP contribution in [0.4, 0.5) is 5.69 Å². The van der Waals surface area contributed by atoms with Crippen LogP contribution in [-0.4, -0.2) is 29.1 Å². The molecule has 0 atom stereocenters. The molecule has 2 rings (SSSR count). The highest BCUT2D eigenvalue weighted by Gasteiger charge is 2.23. The van der Waals surface area contributed by atoms with Crippen molar-refractivity contribution in [1.82, 2.24) is 5.32 Å². The number of benzene rings is 1. The van der Waals surface area contributed by atoms with Crippen molar-refractivity contribution in [3.63, 3.8) is 0 Å². The number of hydrogen-bond donors (Lipinski definition) is 3. The van der Waals surface area contributed by atoms with Crippen LogP contribution in [0.1, 0.15) is 50.7 Å². The normalized spacial score (nSPS) is 20.8. The van der Waals surface area contributed by atoms with Gasteiger partial charge in [-0.2, -0.15) is 0 Å². The van der Waals surface area contributed by atoms with E-state index in [-0.39, 0.29) is 12.1 Å². The molecule has 3 N–H and O–H groups in total. The molecule has 23 heavy (non-hydrogen) atoms. The van der Waals surface area contributed by atoms with Crippen LogP contribution in [0, 0.1) is 0 Å². The highest BCUT2D eigenvalue weighted by atomic mass is 16.3. The van der Waals surface area contributed by atoms with Crippen LogP contribution < -0.4 is 10.6 Å². The van der Waals surface area contributed by atoms with E-state index in [0.717, 1.165) is 12.8 Å². The first-order valence-electron chi connectivity index (χ1n) is 8.45. The predicted octanol–water partition coefficient (Wildman–Crippen LogP) is 2.17. The minimum Gasteiger partial charge on any atom is -0.393 e. The number of aliphatic hydroxyl groups is 1. The number of carbonyl (C=O) groups excluding carboxylic acids is 2. The quantitative estimate of drug-likeness (QED) is 0.745. The van der Waals surface area contributed by atoms with Gasteiger partial charge >= 0.3 is 11.8 Å². The molecule has 0 aromatic heterocycles. The molecular formula is C18H26N2O3. The standard InChI is InChI=1S/C18H26N2O3/c1-3-12-5-6-15(11-13(12)4-2)20-18(23)17(22)19-14-7-9-16(21)10-8-14/h5-6,11,14,16,21H,3-4,7-10H2,1-2H3,(H,19,22)(H,20,23). The molecule has 5 heteroatoms. The van der Waals surface area contributed by atoms with Crippen molar-refractivity contribution in [2.24, 2.45) is 0 Å². The Kier molecular flexibility index (Phi) is 6.16. The summed E-state index contributed by atoms with van der Waals surface area (Å²) in [4.78, 5) is 24.0. The van der Waals surface area contributed by atoms with E-state index >= 15 is 0 Å². The van der Waals surface area contributed by atoms with Gasteiger partial charge in [0.05, 0.1) is 6.10 Å². The van der Waals surface area contributed by atoms with E-state index in [9.17, 15) is 14.7 Å². The molecule has 0 unspecified atom stereocenters. The van der Waals surface area contributed by atoms with Gasteiger partial charge < -0.3 is 15.7 Å².